The van der Waals surface area contributed by atoms with Gasteiger partial charge in [0.25, 0.3) is 0 Å². The number of halogens is 1. The second-order valence-corrected chi connectivity index (χ2v) is 6.55. The van der Waals surface area contributed by atoms with Gasteiger partial charge in [0.1, 0.15) is 0 Å². The van der Waals surface area contributed by atoms with Gasteiger partial charge in [0.15, 0.2) is 0 Å². The van der Waals surface area contributed by atoms with Crippen molar-refractivity contribution in [3.63, 3.8) is 0 Å². The highest BCUT2D eigenvalue weighted by Crippen LogP contribution is 2.31. The predicted octanol–water partition coefficient (Wildman–Crippen LogP) is 5.93. The van der Waals surface area contributed by atoms with Crippen LogP contribution in [-0.2, 0) is 11.6 Å². The Kier molecular flexibility index (Phi) is 4.12. The molecule has 0 aliphatic carbocycles. The van der Waals surface area contributed by atoms with Crippen LogP contribution in [0.1, 0.15) is 11.1 Å². The minimum atomic E-state index is 0.583. The van der Waals surface area contributed by atoms with Crippen LogP contribution in [0.4, 0.5) is 0 Å². The summed E-state index contributed by atoms with van der Waals surface area (Å²) in [5, 5.41) is 3.66. The lowest BCUT2D eigenvalue weighted by molar-refractivity contribution is 1.33. The van der Waals surface area contributed by atoms with Gasteiger partial charge in [-0.15, -0.1) is 34.7 Å². The van der Waals surface area contributed by atoms with Crippen LogP contribution >= 0.6 is 34.7 Å². The Labute approximate surface area is 126 Å². The molecule has 0 N–H and O–H groups in total. The van der Waals surface area contributed by atoms with E-state index in [9.17, 15) is 0 Å². The first-order chi connectivity index (χ1) is 9.36. The molecule has 2 aromatic carbocycles. The summed E-state index contributed by atoms with van der Waals surface area (Å²) in [4.78, 5) is 1.30. The van der Waals surface area contributed by atoms with Crippen molar-refractivity contribution in [2.24, 2.45) is 0 Å². The standard InChI is InChI=1S/C16H13ClS2/c17-9-12-5-7-14(8-6-12)18-10-13-11-19-16-4-2-1-3-15(13)16/h1-8,11H,9-10H2. The van der Waals surface area contributed by atoms with Gasteiger partial charge in [0, 0.05) is 21.2 Å². The highest BCUT2D eigenvalue weighted by atomic mass is 35.5. The molecule has 0 saturated heterocycles. The lowest BCUT2D eigenvalue weighted by Crippen LogP contribution is -1.80. The van der Waals surface area contributed by atoms with E-state index in [1.165, 1.54) is 26.1 Å². The number of alkyl halides is 1. The molecule has 0 aliphatic rings. The van der Waals surface area contributed by atoms with Gasteiger partial charge in [0.2, 0.25) is 0 Å². The van der Waals surface area contributed by atoms with Gasteiger partial charge in [-0.3, -0.25) is 0 Å². The Morgan fingerprint density at radius 1 is 1.00 bits per heavy atom. The number of thioether (sulfide) groups is 1. The van der Waals surface area contributed by atoms with Gasteiger partial charge in [-0.05, 0) is 40.1 Å². The van der Waals surface area contributed by atoms with Crippen molar-refractivity contribution >= 4 is 44.8 Å². The maximum atomic E-state index is 5.80. The minimum Gasteiger partial charge on any atom is -0.143 e. The molecule has 0 spiro atoms. The Bertz CT molecular complexity index is 671. The first-order valence-electron chi connectivity index (χ1n) is 6.09. The lowest BCUT2D eigenvalue weighted by Gasteiger charge is -2.02. The normalized spacial score (nSPS) is 11.0. The average molecular weight is 305 g/mol. The van der Waals surface area contributed by atoms with Crippen molar-refractivity contribution in [3.8, 4) is 0 Å². The monoisotopic (exact) mass is 304 g/mol. The SMILES string of the molecule is ClCc1ccc(SCc2csc3ccccc23)cc1. The van der Waals surface area contributed by atoms with Crippen LogP contribution in [0.15, 0.2) is 58.8 Å². The van der Waals surface area contributed by atoms with Crippen LogP contribution in [-0.4, -0.2) is 0 Å². The summed E-state index contributed by atoms with van der Waals surface area (Å²) >= 11 is 9.50. The molecular formula is C16H13ClS2. The van der Waals surface area contributed by atoms with Gasteiger partial charge in [-0.1, -0.05) is 30.3 Å². The predicted molar refractivity (Wildman–Crippen MR) is 87.4 cm³/mol. The molecule has 0 amide bonds. The number of hydrogen-bond acceptors (Lipinski definition) is 2. The molecule has 0 saturated carbocycles. The van der Waals surface area contributed by atoms with E-state index in [0.29, 0.717) is 5.88 Å². The van der Waals surface area contributed by atoms with E-state index in [4.69, 9.17) is 11.6 Å². The summed E-state index contributed by atoms with van der Waals surface area (Å²) in [5.74, 6) is 1.60. The summed E-state index contributed by atoms with van der Waals surface area (Å²) in [6.07, 6.45) is 0. The van der Waals surface area contributed by atoms with Crippen LogP contribution in [0.2, 0.25) is 0 Å². The minimum absolute atomic E-state index is 0.583. The summed E-state index contributed by atoms with van der Waals surface area (Å²) in [5.41, 5.74) is 2.60. The fourth-order valence-corrected chi connectivity index (χ4v) is 4.12. The summed E-state index contributed by atoms with van der Waals surface area (Å²) < 4.78 is 1.37. The maximum absolute atomic E-state index is 5.80. The Morgan fingerprint density at radius 3 is 2.58 bits per heavy atom. The van der Waals surface area contributed by atoms with Crippen LogP contribution in [0.3, 0.4) is 0 Å². The number of thiophene rings is 1. The van der Waals surface area contributed by atoms with Crippen LogP contribution < -0.4 is 0 Å². The summed E-state index contributed by atoms with van der Waals surface area (Å²) in [6, 6.07) is 17.1. The molecule has 19 heavy (non-hydrogen) atoms. The summed E-state index contributed by atoms with van der Waals surface area (Å²) in [6.45, 7) is 0. The molecule has 0 nitrogen and oxygen atoms in total. The van der Waals surface area contributed by atoms with Gasteiger partial charge < -0.3 is 0 Å². The van der Waals surface area contributed by atoms with Crippen molar-refractivity contribution in [2.75, 3.05) is 0 Å². The van der Waals surface area contributed by atoms with E-state index in [2.05, 4.69) is 53.9 Å². The Morgan fingerprint density at radius 2 is 1.79 bits per heavy atom. The molecule has 1 heterocycles. The zero-order valence-corrected chi connectivity index (χ0v) is 12.7. The molecule has 0 radical (unpaired) electrons. The summed E-state index contributed by atoms with van der Waals surface area (Å²) in [7, 11) is 0. The number of hydrogen-bond donors (Lipinski definition) is 0. The molecule has 3 heteroatoms. The van der Waals surface area contributed by atoms with Crippen molar-refractivity contribution in [1.82, 2.24) is 0 Å². The van der Waals surface area contributed by atoms with Crippen LogP contribution in [0, 0.1) is 0 Å². The van der Waals surface area contributed by atoms with Crippen molar-refractivity contribution in [2.45, 2.75) is 16.5 Å². The molecule has 0 atom stereocenters. The first-order valence-corrected chi connectivity index (χ1v) is 8.49. The van der Waals surface area contributed by atoms with Crippen molar-refractivity contribution < 1.29 is 0 Å². The smallest absolute Gasteiger partial charge is 0.0474 e. The van der Waals surface area contributed by atoms with Gasteiger partial charge in [-0.25, -0.2) is 0 Å². The highest BCUT2D eigenvalue weighted by Gasteiger charge is 2.04. The second kappa shape index (κ2) is 6.00. The molecule has 1 aromatic heterocycles. The topological polar surface area (TPSA) is 0 Å². The Hall–Kier alpha value is -0.960. The molecule has 3 aromatic rings. The fraction of sp³-hybridized carbons (Fsp3) is 0.125. The van der Waals surface area contributed by atoms with E-state index >= 15 is 0 Å². The van der Waals surface area contributed by atoms with E-state index < -0.39 is 0 Å². The number of fused-ring (bicyclic) bond motifs is 1. The van der Waals surface area contributed by atoms with E-state index in [1.807, 2.05) is 23.1 Å². The van der Waals surface area contributed by atoms with Crippen LogP contribution in [0.5, 0.6) is 0 Å². The quantitative estimate of drug-likeness (QED) is 0.425. The van der Waals surface area contributed by atoms with Gasteiger partial charge in [-0.2, -0.15) is 0 Å². The zero-order chi connectivity index (χ0) is 13.1. The first kappa shape index (κ1) is 13.0. The average Bonchev–Trinajstić information content (AvgIpc) is 2.89. The largest absolute Gasteiger partial charge is 0.143 e. The molecule has 0 unspecified atom stereocenters. The van der Waals surface area contributed by atoms with E-state index in [1.54, 1.807) is 0 Å². The second-order valence-electron chi connectivity index (χ2n) is 4.32. The molecule has 0 fully saturated rings. The molecule has 96 valence electrons. The molecule has 0 bridgehead atoms. The lowest BCUT2D eigenvalue weighted by atomic mass is 10.2. The van der Waals surface area contributed by atoms with Crippen LogP contribution in [0.25, 0.3) is 10.1 Å². The van der Waals surface area contributed by atoms with Crippen molar-refractivity contribution in [3.05, 3.63) is 65.0 Å². The molecule has 3 rings (SSSR count). The third-order valence-corrected chi connectivity index (χ3v) is 5.41. The zero-order valence-electron chi connectivity index (χ0n) is 10.3. The number of benzene rings is 2. The molecular weight excluding hydrogens is 292 g/mol. The van der Waals surface area contributed by atoms with Crippen molar-refractivity contribution in [1.29, 1.82) is 0 Å². The highest BCUT2D eigenvalue weighted by molar-refractivity contribution is 7.98. The maximum Gasteiger partial charge on any atom is 0.0474 e. The fourth-order valence-electron chi connectivity index (χ4n) is 1.98. The number of rotatable bonds is 4. The Balaban J connectivity index is 1.74. The molecule has 0 aliphatic heterocycles. The third kappa shape index (κ3) is 2.97. The third-order valence-electron chi connectivity index (χ3n) is 3.03. The van der Waals surface area contributed by atoms with E-state index in [-0.39, 0.29) is 0 Å². The van der Waals surface area contributed by atoms with Gasteiger partial charge in [0.05, 0.1) is 0 Å². The van der Waals surface area contributed by atoms with Gasteiger partial charge >= 0.3 is 0 Å². The van der Waals surface area contributed by atoms with E-state index in [0.717, 1.165) is 5.75 Å².